The van der Waals surface area contributed by atoms with Crippen molar-refractivity contribution in [1.82, 2.24) is 16.0 Å². The number of nitrogens with two attached hydrogens (primary N) is 2. The summed E-state index contributed by atoms with van der Waals surface area (Å²) < 4.78 is 0. The molecular formula is C22H41N5O7. The monoisotopic (exact) mass is 487 g/mol. The number of hydrogen-bond donors (Lipinski definition) is 7. The molecule has 0 aliphatic rings. The molecule has 34 heavy (non-hydrogen) atoms. The molecule has 0 aromatic carbocycles. The first-order valence-electron chi connectivity index (χ1n) is 11.6. The minimum absolute atomic E-state index is 0.109. The smallest absolute Gasteiger partial charge is 0.326 e. The van der Waals surface area contributed by atoms with E-state index in [2.05, 4.69) is 16.0 Å². The van der Waals surface area contributed by atoms with Gasteiger partial charge in [-0.25, -0.2) is 4.79 Å². The second-order valence-corrected chi connectivity index (χ2v) is 8.95. The third kappa shape index (κ3) is 11.9. The highest BCUT2D eigenvalue weighted by atomic mass is 16.4. The predicted octanol–water partition coefficient (Wildman–Crippen LogP) is -0.451. The second-order valence-electron chi connectivity index (χ2n) is 8.95. The molecule has 196 valence electrons. The molecule has 3 amide bonds. The molecule has 12 heteroatoms. The molecule has 0 heterocycles. The number of unbranched alkanes of at least 4 members (excludes halogenated alkanes) is 1. The average molecular weight is 488 g/mol. The first-order valence-corrected chi connectivity index (χ1v) is 11.6. The highest BCUT2D eigenvalue weighted by molar-refractivity contribution is 5.95. The van der Waals surface area contributed by atoms with Crippen LogP contribution >= 0.6 is 0 Å². The summed E-state index contributed by atoms with van der Waals surface area (Å²) in [5, 5.41) is 25.9. The third-order valence-corrected chi connectivity index (χ3v) is 5.43. The molecule has 0 saturated carbocycles. The molecule has 5 unspecified atom stereocenters. The van der Waals surface area contributed by atoms with Crippen molar-refractivity contribution in [2.45, 2.75) is 90.4 Å². The largest absolute Gasteiger partial charge is 0.481 e. The Hall–Kier alpha value is -2.73. The standard InChI is InChI=1S/C22H41N5O7/c1-5-13(4)18(21(32)25-15(22(33)34)8-6-7-9-23)27-20(31)16(11-17(28)29)26-19(30)14(24)10-12(2)3/h12-16,18H,5-11,23-24H2,1-4H3,(H,25,32)(H,26,30)(H,27,31)(H,28,29)(H,33,34). The molecule has 0 radical (unpaired) electrons. The number of carbonyl (C=O) groups excluding carboxylic acids is 3. The van der Waals surface area contributed by atoms with E-state index in [1.165, 1.54) is 0 Å². The summed E-state index contributed by atoms with van der Waals surface area (Å²) in [5.74, 6) is -5.08. The van der Waals surface area contributed by atoms with E-state index in [9.17, 15) is 34.2 Å². The molecule has 0 rings (SSSR count). The Kier molecular flexibility index (Phi) is 14.7. The highest BCUT2D eigenvalue weighted by Crippen LogP contribution is 2.11. The molecule has 0 spiro atoms. The van der Waals surface area contributed by atoms with Crippen molar-refractivity contribution in [3.8, 4) is 0 Å². The number of amides is 3. The van der Waals surface area contributed by atoms with Crippen molar-refractivity contribution < 1.29 is 34.2 Å². The van der Waals surface area contributed by atoms with Gasteiger partial charge >= 0.3 is 11.9 Å². The molecule has 0 bridgehead atoms. The summed E-state index contributed by atoms with van der Waals surface area (Å²) in [7, 11) is 0. The lowest BCUT2D eigenvalue weighted by atomic mass is 9.96. The van der Waals surface area contributed by atoms with E-state index in [1.54, 1.807) is 13.8 Å². The highest BCUT2D eigenvalue weighted by Gasteiger charge is 2.33. The summed E-state index contributed by atoms with van der Waals surface area (Å²) in [6.45, 7) is 7.60. The van der Waals surface area contributed by atoms with E-state index in [1.807, 2.05) is 13.8 Å². The van der Waals surface area contributed by atoms with Gasteiger partial charge in [-0.05, 0) is 44.1 Å². The third-order valence-electron chi connectivity index (χ3n) is 5.43. The summed E-state index contributed by atoms with van der Waals surface area (Å²) in [6, 6.07) is -4.68. The molecule has 9 N–H and O–H groups in total. The number of carbonyl (C=O) groups is 5. The lowest BCUT2D eigenvalue weighted by molar-refractivity contribution is -0.143. The predicted molar refractivity (Wildman–Crippen MR) is 125 cm³/mol. The van der Waals surface area contributed by atoms with Crippen LogP contribution in [0.5, 0.6) is 0 Å². The minimum atomic E-state index is -1.46. The van der Waals surface area contributed by atoms with Crippen LogP contribution in [0.2, 0.25) is 0 Å². The fourth-order valence-electron chi connectivity index (χ4n) is 3.25. The number of nitrogens with one attached hydrogen (secondary N) is 3. The number of rotatable bonds is 17. The van der Waals surface area contributed by atoms with Gasteiger partial charge < -0.3 is 37.6 Å². The van der Waals surface area contributed by atoms with Crippen LogP contribution in [0.15, 0.2) is 0 Å². The van der Waals surface area contributed by atoms with E-state index in [0.29, 0.717) is 32.2 Å². The first-order chi connectivity index (χ1) is 15.8. The number of hydrogen-bond acceptors (Lipinski definition) is 7. The fourth-order valence-corrected chi connectivity index (χ4v) is 3.25. The van der Waals surface area contributed by atoms with E-state index in [0.717, 1.165) is 0 Å². The minimum Gasteiger partial charge on any atom is -0.481 e. The van der Waals surface area contributed by atoms with Gasteiger partial charge in [0.25, 0.3) is 0 Å². The zero-order valence-corrected chi connectivity index (χ0v) is 20.5. The zero-order chi connectivity index (χ0) is 26.4. The number of carboxylic acids is 2. The van der Waals surface area contributed by atoms with Gasteiger partial charge in [0.05, 0.1) is 12.5 Å². The van der Waals surface area contributed by atoms with E-state index in [4.69, 9.17) is 11.5 Å². The Morgan fingerprint density at radius 2 is 1.44 bits per heavy atom. The molecule has 12 nitrogen and oxygen atoms in total. The van der Waals surface area contributed by atoms with Crippen molar-refractivity contribution in [3.63, 3.8) is 0 Å². The zero-order valence-electron chi connectivity index (χ0n) is 20.5. The quantitative estimate of drug-likeness (QED) is 0.132. The Morgan fingerprint density at radius 3 is 1.91 bits per heavy atom. The van der Waals surface area contributed by atoms with Crippen LogP contribution in [0.1, 0.15) is 66.2 Å². The van der Waals surface area contributed by atoms with Crippen LogP contribution in [0.4, 0.5) is 0 Å². The van der Waals surface area contributed by atoms with Gasteiger partial charge in [-0.3, -0.25) is 19.2 Å². The van der Waals surface area contributed by atoms with Crippen LogP contribution < -0.4 is 27.4 Å². The van der Waals surface area contributed by atoms with Crippen LogP contribution in [-0.2, 0) is 24.0 Å². The van der Waals surface area contributed by atoms with Gasteiger partial charge in [-0.15, -0.1) is 0 Å². The maximum absolute atomic E-state index is 12.9. The van der Waals surface area contributed by atoms with Crippen molar-refractivity contribution in [2.24, 2.45) is 23.3 Å². The summed E-state index contributed by atoms with van der Waals surface area (Å²) >= 11 is 0. The van der Waals surface area contributed by atoms with Crippen molar-refractivity contribution in [2.75, 3.05) is 6.54 Å². The molecule has 0 aliphatic heterocycles. The van der Waals surface area contributed by atoms with E-state index >= 15 is 0 Å². The number of aliphatic carboxylic acids is 2. The van der Waals surface area contributed by atoms with E-state index in [-0.39, 0.29) is 12.3 Å². The normalized spacial score (nSPS) is 15.5. The second kappa shape index (κ2) is 16.0. The molecule has 0 aromatic rings. The Labute approximate surface area is 200 Å². The van der Waals surface area contributed by atoms with Gasteiger partial charge in [0.15, 0.2) is 0 Å². The fraction of sp³-hybridized carbons (Fsp3) is 0.773. The van der Waals surface area contributed by atoms with Gasteiger partial charge in [0.2, 0.25) is 17.7 Å². The average Bonchev–Trinajstić information content (AvgIpc) is 2.74. The summed E-state index contributed by atoms with van der Waals surface area (Å²) in [6.07, 6.45) is 1.37. The van der Waals surface area contributed by atoms with Crippen LogP contribution in [0, 0.1) is 11.8 Å². The van der Waals surface area contributed by atoms with Gasteiger partial charge in [-0.1, -0.05) is 34.1 Å². The summed E-state index contributed by atoms with van der Waals surface area (Å²) in [5.41, 5.74) is 11.3. The van der Waals surface area contributed by atoms with Crippen molar-refractivity contribution >= 4 is 29.7 Å². The van der Waals surface area contributed by atoms with Gasteiger partial charge in [0.1, 0.15) is 18.1 Å². The maximum atomic E-state index is 12.9. The van der Waals surface area contributed by atoms with Crippen molar-refractivity contribution in [3.05, 3.63) is 0 Å². The van der Waals surface area contributed by atoms with E-state index < -0.39 is 66.2 Å². The lowest BCUT2D eigenvalue weighted by Gasteiger charge is -2.28. The molecule has 0 aromatic heterocycles. The SMILES string of the molecule is CCC(C)C(NC(=O)C(CC(=O)O)NC(=O)C(N)CC(C)C)C(=O)NC(CCCCN)C(=O)O. The Bertz CT molecular complexity index is 701. The molecular weight excluding hydrogens is 446 g/mol. The molecule has 0 fully saturated rings. The molecule has 0 saturated heterocycles. The lowest BCUT2D eigenvalue weighted by Crippen LogP contribution is -2.59. The number of carboxylic acid groups (broad SMARTS) is 2. The Balaban J connectivity index is 5.51. The van der Waals surface area contributed by atoms with Crippen LogP contribution in [0.3, 0.4) is 0 Å². The van der Waals surface area contributed by atoms with Gasteiger partial charge in [0, 0.05) is 0 Å². The topological polar surface area (TPSA) is 214 Å². The van der Waals surface area contributed by atoms with Crippen LogP contribution in [0.25, 0.3) is 0 Å². The molecule has 0 aliphatic carbocycles. The van der Waals surface area contributed by atoms with Crippen molar-refractivity contribution in [1.29, 1.82) is 0 Å². The first kappa shape index (κ1) is 31.3. The summed E-state index contributed by atoms with van der Waals surface area (Å²) in [4.78, 5) is 61.0. The van der Waals surface area contributed by atoms with Crippen LogP contribution in [-0.4, -0.2) is 70.6 Å². The van der Waals surface area contributed by atoms with Gasteiger partial charge in [-0.2, -0.15) is 0 Å². The molecule has 5 atom stereocenters. The Morgan fingerprint density at radius 1 is 0.853 bits per heavy atom. The maximum Gasteiger partial charge on any atom is 0.326 e.